The number of nitro groups is 1. The monoisotopic (exact) mass is 274 g/mol. The van der Waals surface area contributed by atoms with Gasteiger partial charge in [0, 0.05) is 30.6 Å². The summed E-state index contributed by atoms with van der Waals surface area (Å²) in [6.45, 7) is 0.0795. The van der Waals surface area contributed by atoms with Gasteiger partial charge in [0.05, 0.1) is 4.92 Å². The predicted octanol–water partition coefficient (Wildman–Crippen LogP) is 1.70. The Bertz CT molecular complexity index is 602. The van der Waals surface area contributed by atoms with Crippen LogP contribution in [0.3, 0.4) is 0 Å². The van der Waals surface area contributed by atoms with Crippen molar-refractivity contribution in [1.29, 1.82) is 0 Å². The van der Waals surface area contributed by atoms with E-state index in [2.05, 4.69) is 15.3 Å². The van der Waals surface area contributed by atoms with Crippen molar-refractivity contribution in [1.82, 2.24) is 9.97 Å². The molecule has 8 heteroatoms. The fourth-order valence-electron chi connectivity index (χ4n) is 1.64. The van der Waals surface area contributed by atoms with Crippen LogP contribution in [0, 0.1) is 10.1 Å². The summed E-state index contributed by atoms with van der Waals surface area (Å²) in [6.07, 6.45) is 2.60. The van der Waals surface area contributed by atoms with Crippen molar-refractivity contribution >= 4 is 17.5 Å². The molecule has 0 spiro atoms. The molecular weight excluding hydrogens is 264 g/mol. The van der Waals surface area contributed by atoms with Crippen LogP contribution in [-0.4, -0.2) is 26.0 Å². The molecular formula is C12H10N4O4. The van der Waals surface area contributed by atoms with E-state index in [0.717, 1.165) is 0 Å². The highest BCUT2D eigenvalue weighted by atomic mass is 16.6. The topological polar surface area (TPSA) is 118 Å². The predicted molar refractivity (Wildman–Crippen MR) is 69.4 cm³/mol. The lowest BCUT2D eigenvalue weighted by Crippen LogP contribution is -2.10. The number of nitro benzene ring substituents is 1. The zero-order valence-electron chi connectivity index (χ0n) is 10.2. The van der Waals surface area contributed by atoms with Gasteiger partial charge in [-0.05, 0) is 0 Å². The van der Waals surface area contributed by atoms with Crippen molar-refractivity contribution in [2.45, 2.75) is 6.54 Å². The third kappa shape index (κ3) is 2.86. The second-order valence-electron chi connectivity index (χ2n) is 3.80. The van der Waals surface area contributed by atoms with E-state index in [1.807, 2.05) is 0 Å². The van der Waals surface area contributed by atoms with E-state index in [0.29, 0.717) is 5.56 Å². The first-order valence-electron chi connectivity index (χ1n) is 5.60. The lowest BCUT2D eigenvalue weighted by atomic mass is 10.2. The number of carboxylic acids is 1. The quantitative estimate of drug-likeness (QED) is 0.629. The van der Waals surface area contributed by atoms with E-state index in [1.165, 1.54) is 18.5 Å². The molecule has 8 nitrogen and oxygen atoms in total. The van der Waals surface area contributed by atoms with Crippen molar-refractivity contribution in [3.05, 3.63) is 58.0 Å². The Labute approximate surface area is 113 Å². The minimum atomic E-state index is -1.22. The van der Waals surface area contributed by atoms with E-state index in [-0.39, 0.29) is 23.7 Å². The number of rotatable bonds is 5. The van der Waals surface area contributed by atoms with Crippen molar-refractivity contribution in [2.75, 3.05) is 5.32 Å². The highest BCUT2D eigenvalue weighted by molar-refractivity contribution is 5.90. The van der Waals surface area contributed by atoms with Crippen molar-refractivity contribution < 1.29 is 14.8 Å². The van der Waals surface area contributed by atoms with Gasteiger partial charge in [0.2, 0.25) is 0 Å². The molecule has 0 aliphatic rings. The Balaban J connectivity index is 2.22. The minimum absolute atomic E-state index is 0.0410. The van der Waals surface area contributed by atoms with Crippen LogP contribution < -0.4 is 5.32 Å². The van der Waals surface area contributed by atoms with Gasteiger partial charge in [-0.3, -0.25) is 10.1 Å². The summed E-state index contributed by atoms with van der Waals surface area (Å²) in [7, 11) is 0. The minimum Gasteiger partial charge on any atom is -0.476 e. The summed E-state index contributed by atoms with van der Waals surface area (Å²) in [6, 6.07) is 6.19. The summed E-state index contributed by atoms with van der Waals surface area (Å²) in [5.41, 5.74) is 0.159. The van der Waals surface area contributed by atoms with Crippen LogP contribution in [-0.2, 0) is 6.54 Å². The second-order valence-corrected chi connectivity index (χ2v) is 3.80. The number of para-hydroxylation sites is 1. The number of aromatic carboxylic acids is 1. The molecule has 2 rings (SSSR count). The van der Waals surface area contributed by atoms with Crippen LogP contribution in [0.2, 0.25) is 0 Å². The molecule has 1 aromatic carbocycles. The Kier molecular flexibility index (Phi) is 3.85. The summed E-state index contributed by atoms with van der Waals surface area (Å²) in [5.74, 6) is -1.15. The first kappa shape index (κ1) is 13.4. The third-order valence-corrected chi connectivity index (χ3v) is 2.54. The molecule has 0 saturated heterocycles. The van der Waals surface area contributed by atoms with Gasteiger partial charge in [0.15, 0.2) is 11.5 Å². The normalized spacial score (nSPS) is 10.0. The van der Waals surface area contributed by atoms with Crippen LogP contribution >= 0.6 is 0 Å². The Hall–Kier alpha value is -3.03. The maximum Gasteiger partial charge on any atom is 0.358 e. The van der Waals surface area contributed by atoms with Gasteiger partial charge in [-0.25, -0.2) is 14.8 Å². The fraction of sp³-hybridized carbons (Fsp3) is 0.0833. The van der Waals surface area contributed by atoms with Crippen LogP contribution in [0.4, 0.5) is 11.5 Å². The van der Waals surface area contributed by atoms with Crippen LogP contribution in [0.5, 0.6) is 0 Å². The highest BCUT2D eigenvalue weighted by Crippen LogP contribution is 2.19. The number of nitrogens with one attached hydrogen (secondary N) is 1. The number of nitrogens with zero attached hydrogens (tertiary/aromatic N) is 3. The molecule has 2 N–H and O–H groups in total. The number of carbonyl (C=O) groups is 1. The highest BCUT2D eigenvalue weighted by Gasteiger charge is 2.15. The summed E-state index contributed by atoms with van der Waals surface area (Å²) in [4.78, 5) is 28.9. The molecule has 102 valence electrons. The summed E-state index contributed by atoms with van der Waals surface area (Å²) in [5, 5.41) is 22.6. The number of hydrogen-bond donors (Lipinski definition) is 2. The fourth-order valence-corrected chi connectivity index (χ4v) is 1.64. The molecule has 0 radical (unpaired) electrons. The van der Waals surface area contributed by atoms with Gasteiger partial charge in [0.1, 0.15) is 0 Å². The number of carboxylic acid groups (broad SMARTS) is 1. The smallest absolute Gasteiger partial charge is 0.358 e. The van der Waals surface area contributed by atoms with Gasteiger partial charge in [-0.15, -0.1) is 0 Å². The molecule has 20 heavy (non-hydrogen) atoms. The number of benzene rings is 1. The number of hydrogen-bond acceptors (Lipinski definition) is 6. The third-order valence-electron chi connectivity index (χ3n) is 2.54. The number of aromatic nitrogens is 2. The van der Waals surface area contributed by atoms with Crippen LogP contribution in [0.25, 0.3) is 0 Å². The average Bonchev–Trinajstić information content (AvgIpc) is 2.45. The standard InChI is InChI=1S/C12H10N4O4/c17-12(18)10-11(14-6-5-13-10)15-7-8-3-1-2-4-9(8)16(19)20/h1-6H,7H2,(H,14,15)(H,17,18). The molecule has 0 amide bonds. The first-order chi connectivity index (χ1) is 9.59. The Morgan fingerprint density at radius 3 is 2.70 bits per heavy atom. The van der Waals surface area contributed by atoms with Gasteiger partial charge in [-0.2, -0.15) is 0 Å². The van der Waals surface area contributed by atoms with Crippen molar-refractivity contribution in [3.8, 4) is 0 Å². The molecule has 1 aromatic heterocycles. The van der Waals surface area contributed by atoms with Crippen molar-refractivity contribution in [2.24, 2.45) is 0 Å². The molecule has 0 aliphatic carbocycles. The summed E-state index contributed by atoms with van der Waals surface area (Å²) >= 11 is 0. The van der Waals surface area contributed by atoms with Gasteiger partial charge in [-0.1, -0.05) is 18.2 Å². The SMILES string of the molecule is O=C(O)c1nccnc1NCc1ccccc1[N+](=O)[O-]. The van der Waals surface area contributed by atoms with Gasteiger partial charge < -0.3 is 10.4 Å². The molecule has 0 fully saturated rings. The summed E-state index contributed by atoms with van der Waals surface area (Å²) < 4.78 is 0. The van der Waals surface area contributed by atoms with E-state index < -0.39 is 10.9 Å². The van der Waals surface area contributed by atoms with E-state index in [9.17, 15) is 14.9 Å². The maximum atomic E-state index is 11.0. The van der Waals surface area contributed by atoms with Gasteiger partial charge >= 0.3 is 5.97 Å². The largest absolute Gasteiger partial charge is 0.476 e. The van der Waals surface area contributed by atoms with Crippen molar-refractivity contribution in [3.63, 3.8) is 0 Å². The van der Waals surface area contributed by atoms with E-state index in [1.54, 1.807) is 18.2 Å². The molecule has 0 atom stereocenters. The molecule has 0 unspecified atom stereocenters. The van der Waals surface area contributed by atoms with Crippen LogP contribution in [0.1, 0.15) is 16.1 Å². The van der Waals surface area contributed by atoms with E-state index in [4.69, 9.17) is 5.11 Å². The van der Waals surface area contributed by atoms with Crippen LogP contribution in [0.15, 0.2) is 36.7 Å². The van der Waals surface area contributed by atoms with Gasteiger partial charge in [0.25, 0.3) is 5.69 Å². The Morgan fingerprint density at radius 2 is 2.00 bits per heavy atom. The molecule has 0 saturated carbocycles. The zero-order valence-corrected chi connectivity index (χ0v) is 10.2. The average molecular weight is 274 g/mol. The zero-order chi connectivity index (χ0) is 14.5. The lowest BCUT2D eigenvalue weighted by molar-refractivity contribution is -0.385. The molecule has 1 heterocycles. The number of anilines is 1. The van der Waals surface area contributed by atoms with E-state index >= 15 is 0 Å². The first-order valence-corrected chi connectivity index (χ1v) is 5.60. The molecule has 2 aromatic rings. The Morgan fingerprint density at radius 1 is 1.30 bits per heavy atom. The second kappa shape index (κ2) is 5.74. The maximum absolute atomic E-state index is 11.0. The molecule has 0 aliphatic heterocycles. The lowest BCUT2D eigenvalue weighted by Gasteiger charge is -2.07. The molecule has 0 bridgehead atoms.